The van der Waals surface area contributed by atoms with E-state index in [-0.39, 0.29) is 0 Å². The molecule has 0 radical (unpaired) electrons. The summed E-state index contributed by atoms with van der Waals surface area (Å²) in [6.45, 7) is 9.93. The van der Waals surface area contributed by atoms with Gasteiger partial charge in [-0.3, -0.25) is 9.80 Å². The van der Waals surface area contributed by atoms with Crippen LogP contribution in [0.3, 0.4) is 0 Å². The summed E-state index contributed by atoms with van der Waals surface area (Å²) in [5.74, 6) is 0. The van der Waals surface area contributed by atoms with Crippen molar-refractivity contribution in [3.63, 3.8) is 0 Å². The molecular formula is C12H21N5O. The van der Waals surface area contributed by atoms with Crippen molar-refractivity contribution in [2.24, 2.45) is 0 Å². The highest BCUT2D eigenvalue weighted by Gasteiger charge is 2.33. The monoisotopic (exact) mass is 251 g/mol. The third-order valence-corrected chi connectivity index (χ3v) is 4.11. The fraction of sp³-hybridized carbons (Fsp3) is 0.833. The number of likely N-dealkylation sites (N-methyl/N-ethyl adjacent to an activating group) is 1. The Morgan fingerprint density at radius 1 is 1.17 bits per heavy atom. The van der Waals surface area contributed by atoms with Crippen LogP contribution >= 0.6 is 0 Å². The van der Waals surface area contributed by atoms with Gasteiger partial charge in [0.2, 0.25) is 0 Å². The molecule has 0 unspecified atom stereocenters. The van der Waals surface area contributed by atoms with E-state index in [1.54, 1.807) is 0 Å². The molecule has 0 amide bonds. The van der Waals surface area contributed by atoms with E-state index >= 15 is 0 Å². The maximum absolute atomic E-state index is 4.73. The number of piperazine rings is 1. The Labute approximate surface area is 107 Å². The van der Waals surface area contributed by atoms with Gasteiger partial charge >= 0.3 is 0 Å². The quantitative estimate of drug-likeness (QED) is 0.742. The second-order valence-corrected chi connectivity index (χ2v) is 5.48. The third kappa shape index (κ3) is 2.41. The maximum Gasteiger partial charge on any atom is 0.122 e. The number of likely N-dealkylation sites (tertiary alicyclic amines) is 1. The van der Waals surface area contributed by atoms with E-state index < -0.39 is 0 Å². The standard InChI is InChI=1S/C12H21N5O/c1-10-12(14-18-13-10)9-16-7-11(8-16)17-5-3-15(2)4-6-17/h11H,3-9H2,1-2H3. The van der Waals surface area contributed by atoms with Gasteiger partial charge in [-0.1, -0.05) is 10.3 Å². The zero-order valence-electron chi connectivity index (χ0n) is 11.2. The average molecular weight is 251 g/mol. The summed E-state index contributed by atoms with van der Waals surface area (Å²) in [4.78, 5) is 7.43. The van der Waals surface area contributed by atoms with Gasteiger partial charge in [0, 0.05) is 51.9 Å². The SMILES string of the molecule is Cc1nonc1CN1CC(N2CCN(C)CC2)C1. The van der Waals surface area contributed by atoms with Crippen LogP contribution in [0.2, 0.25) is 0 Å². The van der Waals surface area contributed by atoms with Crippen molar-refractivity contribution < 1.29 is 4.63 Å². The van der Waals surface area contributed by atoms with E-state index in [0.29, 0.717) is 0 Å². The van der Waals surface area contributed by atoms with Crippen LogP contribution in [0.1, 0.15) is 11.4 Å². The van der Waals surface area contributed by atoms with Crippen LogP contribution in [0.5, 0.6) is 0 Å². The van der Waals surface area contributed by atoms with Crippen molar-refractivity contribution in [2.45, 2.75) is 19.5 Å². The van der Waals surface area contributed by atoms with Gasteiger partial charge < -0.3 is 4.90 Å². The van der Waals surface area contributed by atoms with Crippen molar-refractivity contribution in [2.75, 3.05) is 46.3 Å². The van der Waals surface area contributed by atoms with Crippen LogP contribution in [0.4, 0.5) is 0 Å². The van der Waals surface area contributed by atoms with Crippen molar-refractivity contribution in [1.29, 1.82) is 0 Å². The molecule has 2 aliphatic rings. The van der Waals surface area contributed by atoms with E-state index in [4.69, 9.17) is 4.63 Å². The van der Waals surface area contributed by atoms with Crippen LogP contribution in [0.25, 0.3) is 0 Å². The van der Waals surface area contributed by atoms with E-state index in [1.807, 2.05) is 6.92 Å². The van der Waals surface area contributed by atoms with Gasteiger partial charge in [0.05, 0.1) is 0 Å². The van der Waals surface area contributed by atoms with Gasteiger partial charge in [-0.05, 0) is 14.0 Å². The highest BCUT2D eigenvalue weighted by atomic mass is 16.6. The van der Waals surface area contributed by atoms with Crippen molar-refractivity contribution in [3.05, 3.63) is 11.4 Å². The molecule has 6 nitrogen and oxygen atoms in total. The largest absolute Gasteiger partial charge is 0.304 e. The van der Waals surface area contributed by atoms with E-state index in [0.717, 1.165) is 37.1 Å². The molecule has 100 valence electrons. The first-order chi connectivity index (χ1) is 8.72. The minimum Gasteiger partial charge on any atom is -0.304 e. The molecular weight excluding hydrogens is 230 g/mol. The summed E-state index contributed by atoms with van der Waals surface area (Å²) in [5.41, 5.74) is 1.89. The summed E-state index contributed by atoms with van der Waals surface area (Å²) in [6.07, 6.45) is 0. The van der Waals surface area contributed by atoms with Crippen LogP contribution in [-0.2, 0) is 6.54 Å². The van der Waals surface area contributed by atoms with E-state index in [9.17, 15) is 0 Å². The van der Waals surface area contributed by atoms with Gasteiger partial charge in [-0.2, -0.15) is 0 Å². The lowest BCUT2D eigenvalue weighted by atomic mass is 10.1. The molecule has 2 saturated heterocycles. The van der Waals surface area contributed by atoms with Gasteiger partial charge in [-0.15, -0.1) is 0 Å². The average Bonchev–Trinajstić information content (AvgIpc) is 2.71. The lowest BCUT2D eigenvalue weighted by Gasteiger charge is -2.47. The molecule has 0 aliphatic carbocycles. The summed E-state index contributed by atoms with van der Waals surface area (Å²) in [5, 5.41) is 7.75. The number of hydrogen-bond acceptors (Lipinski definition) is 6. The number of nitrogens with zero attached hydrogens (tertiary/aromatic N) is 5. The van der Waals surface area contributed by atoms with Gasteiger partial charge in [-0.25, -0.2) is 4.63 Å². The van der Waals surface area contributed by atoms with Gasteiger partial charge in [0.15, 0.2) is 0 Å². The first-order valence-corrected chi connectivity index (χ1v) is 6.65. The normalized spacial score (nSPS) is 24.3. The Morgan fingerprint density at radius 2 is 1.89 bits per heavy atom. The zero-order chi connectivity index (χ0) is 12.5. The highest BCUT2D eigenvalue weighted by molar-refractivity contribution is 5.06. The number of aryl methyl sites for hydroxylation is 1. The van der Waals surface area contributed by atoms with Crippen molar-refractivity contribution >= 4 is 0 Å². The Balaban J connectivity index is 1.45. The Bertz CT molecular complexity index is 393. The molecule has 1 aromatic heterocycles. The summed E-state index contributed by atoms with van der Waals surface area (Å²) >= 11 is 0. The fourth-order valence-electron chi connectivity index (χ4n) is 2.69. The summed E-state index contributed by atoms with van der Waals surface area (Å²) in [7, 11) is 2.20. The number of hydrogen-bond donors (Lipinski definition) is 0. The summed E-state index contributed by atoms with van der Waals surface area (Å²) < 4.78 is 4.73. The van der Waals surface area contributed by atoms with Gasteiger partial charge in [0.1, 0.15) is 11.4 Å². The zero-order valence-corrected chi connectivity index (χ0v) is 11.2. The molecule has 2 fully saturated rings. The van der Waals surface area contributed by atoms with E-state index in [2.05, 4.69) is 32.1 Å². The molecule has 0 bridgehead atoms. The molecule has 0 spiro atoms. The predicted molar refractivity (Wildman–Crippen MR) is 67.2 cm³/mol. The van der Waals surface area contributed by atoms with Crippen molar-refractivity contribution in [1.82, 2.24) is 25.0 Å². The van der Waals surface area contributed by atoms with Crippen LogP contribution < -0.4 is 0 Å². The van der Waals surface area contributed by atoms with Crippen LogP contribution in [0.15, 0.2) is 4.63 Å². The minimum absolute atomic E-state index is 0.735. The summed E-state index contributed by atoms with van der Waals surface area (Å²) in [6, 6.07) is 0.735. The third-order valence-electron chi connectivity index (χ3n) is 4.11. The molecule has 1 aromatic rings. The lowest BCUT2D eigenvalue weighted by molar-refractivity contribution is 0.00439. The second-order valence-electron chi connectivity index (χ2n) is 5.48. The maximum atomic E-state index is 4.73. The van der Waals surface area contributed by atoms with Crippen LogP contribution in [0, 0.1) is 6.92 Å². The predicted octanol–water partition coefficient (Wildman–Crippen LogP) is -0.190. The molecule has 0 aromatic carbocycles. The van der Waals surface area contributed by atoms with E-state index in [1.165, 1.54) is 26.2 Å². The highest BCUT2D eigenvalue weighted by Crippen LogP contribution is 2.19. The number of rotatable bonds is 3. The first kappa shape index (κ1) is 12.1. The lowest BCUT2D eigenvalue weighted by Crippen LogP contribution is -2.62. The molecule has 0 atom stereocenters. The van der Waals surface area contributed by atoms with Gasteiger partial charge in [0.25, 0.3) is 0 Å². The first-order valence-electron chi connectivity index (χ1n) is 6.65. The topological polar surface area (TPSA) is 48.6 Å². The Morgan fingerprint density at radius 3 is 2.50 bits per heavy atom. The van der Waals surface area contributed by atoms with Crippen molar-refractivity contribution in [3.8, 4) is 0 Å². The Kier molecular flexibility index (Phi) is 3.32. The smallest absolute Gasteiger partial charge is 0.122 e. The molecule has 2 aliphatic heterocycles. The minimum atomic E-state index is 0.735. The number of aromatic nitrogens is 2. The Hall–Kier alpha value is -0.980. The second kappa shape index (κ2) is 4.95. The molecule has 3 rings (SSSR count). The fourth-order valence-corrected chi connectivity index (χ4v) is 2.69. The van der Waals surface area contributed by atoms with Crippen LogP contribution in [-0.4, -0.2) is 77.4 Å². The molecule has 6 heteroatoms. The molecule has 0 saturated carbocycles. The molecule has 18 heavy (non-hydrogen) atoms. The molecule has 3 heterocycles. The molecule has 0 N–H and O–H groups in total.